The molecule has 1 unspecified atom stereocenters. The van der Waals surface area contributed by atoms with E-state index in [0.717, 1.165) is 4.90 Å². The number of hydrogen-bond donors (Lipinski definition) is 1. The van der Waals surface area contributed by atoms with Gasteiger partial charge >= 0.3 is 12.1 Å². The Balaban J connectivity index is 2.86. The van der Waals surface area contributed by atoms with Gasteiger partial charge in [0.25, 0.3) is 0 Å². The first-order valence-electron chi connectivity index (χ1n) is 5.97. The predicted molar refractivity (Wildman–Crippen MR) is 64.4 cm³/mol. The lowest BCUT2D eigenvalue weighted by molar-refractivity contribution is -0.159. The predicted octanol–water partition coefficient (Wildman–Crippen LogP) is 1.49. The summed E-state index contributed by atoms with van der Waals surface area (Å²) >= 11 is 0. The van der Waals surface area contributed by atoms with E-state index in [-0.39, 0.29) is 6.61 Å². The van der Waals surface area contributed by atoms with Gasteiger partial charge in [0, 0.05) is 13.7 Å². The molecular formula is C12H21NO5. The Hall–Kier alpha value is -1.30. The van der Waals surface area contributed by atoms with Crippen LogP contribution in [-0.2, 0) is 14.3 Å². The quantitative estimate of drug-likeness (QED) is 0.813. The summed E-state index contributed by atoms with van der Waals surface area (Å²) in [5.41, 5.74) is -1.97. The fraction of sp³-hybridized carbons (Fsp3) is 0.833. The summed E-state index contributed by atoms with van der Waals surface area (Å²) in [7, 11) is 1.44. The van der Waals surface area contributed by atoms with Crippen molar-refractivity contribution in [3.8, 4) is 0 Å². The molecule has 1 aliphatic rings. The minimum Gasteiger partial charge on any atom is -0.479 e. The molecule has 0 aromatic heterocycles. The second kappa shape index (κ2) is 5.14. The van der Waals surface area contributed by atoms with Crippen LogP contribution >= 0.6 is 0 Å². The van der Waals surface area contributed by atoms with Gasteiger partial charge in [-0.05, 0) is 33.6 Å². The van der Waals surface area contributed by atoms with Crippen LogP contribution in [0, 0.1) is 0 Å². The Morgan fingerprint density at radius 3 is 2.39 bits per heavy atom. The van der Waals surface area contributed by atoms with Crippen molar-refractivity contribution in [2.24, 2.45) is 0 Å². The molecule has 6 nitrogen and oxygen atoms in total. The van der Waals surface area contributed by atoms with Crippen molar-refractivity contribution in [2.75, 3.05) is 20.3 Å². The monoisotopic (exact) mass is 259 g/mol. The van der Waals surface area contributed by atoms with Crippen LogP contribution in [-0.4, -0.2) is 53.5 Å². The Morgan fingerprint density at radius 2 is 2.00 bits per heavy atom. The summed E-state index contributed by atoms with van der Waals surface area (Å²) in [6.07, 6.45) is 0.340. The molecule has 0 radical (unpaired) electrons. The lowest BCUT2D eigenvalue weighted by Crippen LogP contribution is -2.60. The van der Waals surface area contributed by atoms with E-state index in [2.05, 4.69) is 0 Å². The van der Waals surface area contributed by atoms with Crippen LogP contribution < -0.4 is 0 Å². The summed E-state index contributed by atoms with van der Waals surface area (Å²) in [6.45, 7) is 5.74. The highest BCUT2D eigenvalue weighted by Crippen LogP contribution is 2.27. The summed E-state index contributed by atoms with van der Waals surface area (Å²) < 4.78 is 10.4. The summed E-state index contributed by atoms with van der Waals surface area (Å²) in [6, 6.07) is 0. The largest absolute Gasteiger partial charge is 0.479 e. The lowest BCUT2D eigenvalue weighted by atomic mass is 9.91. The number of likely N-dealkylation sites (N-methyl/N-ethyl adjacent to an activating group) is 1. The van der Waals surface area contributed by atoms with Crippen molar-refractivity contribution in [3.63, 3.8) is 0 Å². The Bertz CT molecular complexity index is 328. The molecule has 104 valence electrons. The summed E-state index contributed by atoms with van der Waals surface area (Å²) in [4.78, 5) is 24.5. The second-order valence-corrected chi connectivity index (χ2v) is 5.53. The molecule has 0 aromatic rings. The van der Waals surface area contributed by atoms with Gasteiger partial charge in [-0.2, -0.15) is 0 Å². The third kappa shape index (κ3) is 3.13. The van der Waals surface area contributed by atoms with E-state index < -0.39 is 23.2 Å². The van der Waals surface area contributed by atoms with Crippen LogP contribution in [0.4, 0.5) is 4.79 Å². The molecule has 0 aliphatic carbocycles. The van der Waals surface area contributed by atoms with Crippen LogP contribution in [0.2, 0.25) is 0 Å². The average Bonchev–Trinajstić information content (AvgIpc) is 2.26. The van der Waals surface area contributed by atoms with E-state index >= 15 is 0 Å². The molecule has 0 bridgehead atoms. The number of rotatable bonds is 2. The van der Waals surface area contributed by atoms with Gasteiger partial charge in [-0.1, -0.05) is 0 Å². The lowest BCUT2D eigenvalue weighted by Gasteiger charge is -2.40. The number of amides is 1. The fourth-order valence-corrected chi connectivity index (χ4v) is 1.86. The van der Waals surface area contributed by atoms with Crippen molar-refractivity contribution < 1.29 is 24.2 Å². The molecule has 1 saturated heterocycles. The highest BCUT2D eigenvalue weighted by atomic mass is 16.6. The number of aliphatic carboxylic acids is 1. The molecule has 0 saturated carbocycles. The molecule has 0 spiro atoms. The van der Waals surface area contributed by atoms with Gasteiger partial charge in [-0.15, -0.1) is 0 Å². The first kappa shape index (κ1) is 14.8. The number of nitrogens with zero attached hydrogens (tertiary/aromatic N) is 1. The number of carboxylic acids is 1. The van der Waals surface area contributed by atoms with Gasteiger partial charge in [0.15, 0.2) is 5.54 Å². The molecule has 6 heteroatoms. The van der Waals surface area contributed by atoms with Crippen LogP contribution in [0.3, 0.4) is 0 Å². The van der Waals surface area contributed by atoms with Gasteiger partial charge in [-0.25, -0.2) is 9.59 Å². The van der Waals surface area contributed by atoms with Gasteiger partial charge in [0.05, 0.1) is 6.61 Å². The molecule has 1 atom stereocenters. The first-order chi connectivity index (χ1) is 8.19. The van der Waals surface area contributed by atoms with Crippen LogP contribution in [0.25, 0.3) is 0 Å². The Kier molecular flexibility index (Phi) is 4.21. The first-order valence-corrected chi connectivity index (χ1v) is 5.97. The van der Waals surface area contributed by atoms with Gasteiger partial charge < -0.3 is 14.6 Å². The van der Waals surface area contributed by atoms with Crippen molar-refractivity contribution in [1.29, 1.82) is 0 Å². The molecule has 1 aliphatic heterocycles. The Morgan fingerprint density at radius 1 is 1.39 bits per heavy atom. The number of hydrogen-bond acceptors (Lipinski definition) is 4. The molecule has 1 rings (SSSR count). The zero-order valence-corrected chi connectivity index (χ0v) is 11.4. The van der Waals surface area contributed by atoms with E-state index in [9.17, 15) is 14.7 Å². The second-order valence-electron chi connectivity index (χ2n) is 5.53. The van der Waals surface area contributed by atoms with E-state index in [1.165, 1.54) is 7.05 Å². The minimum absolute atomic E-state index is 0.00191. The van der Waals surface area contributed by atoms with Crippen molar-refractivity contribution in [2.45, 2.75) is 44.8 Å². The standard InChI is InChI=1S/C12H21NO5/c1-11(2,3)18-10(16)13(4)12(9(14)15)6-5-7-17-8-12/h5-8H2,1-4H3,(H,14,15). The molecule has 1 fully saturated rings. The van der Waals surface area contributed by atoms with Crippen molar-refractivity contribution in [1.82, 2.24) is 4.90 Å². The van der Waals surface area contributed by atoms with E-state index in [1.807, 2.05) is 0 Å². The molecular weight excluding hydrogens is 238 g/mol. The fourth-order valence-electron chi connectivity index (χ4n) is 1.86. The van der Waals surface area contributed by atoms with Crippen LogP contribution in [0.5, 0.6) is 0 Å². The maximum Gasteiger partial charge on any atom is 0.411 e. The SMILES string of the molecule is CN(C(=O)OC(C)(C)C)C1(C(=O)O)CCCOC1. The topological polar surface area (TPSA) is 76.1 Å². The highest BCUT2D eigenvalue weighted by Gasteiger charge is 2.47. The average molecular weight is 259 g/mol. The van der Waals surface area contributed by atoms with Crippen molar-refractivity contribution in [3.05, 3.63) is 0 Å². The molecule has 1 amide bonds. The van der Waals surface area contributed by atoms with E-state index in [4.69, 9.17) is 9.47 Å². The maximum atomic E-state index is 12.0. The molecule has 1 N–H and O–H groups in total. The highest BCUT2D eigenvalue weighted by molar-refractivity contribution is 5.84. The third-order valence-corrected chi connectivity index (χ3v) is 2.93. The zero-order valence-electron chi connectivity index (χ0n) is 11.4. The molecule has 1 heterocycles. The van der Waals surface area contributed by atoms with Crippen molar-refractivity contribution >= 4 is 12.1 Å². The third-order valence-electron chi connectivity index (χ3n) is 2.93. The number of carboxylic acid groups (broad SMARTS) is 1. The van der Waals surface area contributed by atoms with Gasteiger partial charge in [0.2, 0.25) is 0 Å². The van der Waals surface area contributed by atoms with Gasteiger partial charge in [-0.3, -0.25) is 4.90 Å². The summed E-state index contributed by atoms with van der Waals surface area (Å²) in [5, 5.41) is 9.38. The zero-order chi connectivity index (χ0) is 14.0. The van der Waals surface area contributed by atoms with Crippen LogP contribution in [0.1, 0.15) is 33.6 Å². The van der Waals surface area contributed by atoms with Gasteiger partial charge in [0.1, 0.15) is 5.60 Å². The number of carbonyl (C=O) groups excluding carboxylic acids is 1. The van der Waals surface area contributed by atoms with E-state index in [0.29, 0.717) is 19.4 Å². The molecule has 18 heavy (non-hydrogen) atoms. The normalized spacial score (nSPS) is 24.4. The summed E-state index contributed by atoms with van der Waals surface area (Å²) in [5.74, 6) is -1.06. The number of carbonyl (C=O) groups is 2. The smallest absolute Gasteiger partial charge is 0.411 e. The van der Waals surface area contributed by atoms with E-state index in [1.54, 1.807) is 20.8 Å². The Labute approximate surface area is 107 Å². The van der Waals surface area contributed by atoms with Crippen LogP contribution in [0.15, 0.2) is 0 Å². The maximum absolute atomic E-state index is 12.0. The number of ether oxygens (including phenoxy) is 2. The minimum atomic E-state index is -1.32. The molecule has 0 aromatic carbocycles.